The second-order valence-corrected chi connectivity index (χ2v) is 5.98. The van der Waals surface area contributed by atoms with Crippen LogP contribution in [0.25, 0.3) is 10.8 Å². The van der Waals surface area contributed by atoms with Crippen LogP contribution >= 0.6 is 0 Å². The summed E-state index contributed by atoms with van der Waals surface area (Å²) in [5.41, 5.74) is 0.173. The molecule has 1 amide bonds. The highest BCUT2D eigenvalue weighted by molar-refractivity contribution is 6.04. The number of ether oxygens (including phenoxy) is 1. The van der Waals surface area contributed by atoms with Gasteiger partial charge in [-0.3, -0.25) is 9.59 Å². The van der Waals surface area contributed by atoms with Crippen molar-refractivity contribution >= 4 is 16.7 Å². The fourth-order valence-electron chi connectivity index (χ4n) is 3.10. The predicted molar refractivity (Wildman–Crippen MR) is 87.6 cm³/mol. The fraction of sp³-hybridized carbons (Fsp3) is 0.471. The van der Waals surface area contributed by atoms with Crippen LogP contribution in [0.15, 0.2) is 29.1 Å². The molecule has 23 heavy (non-hydrogen) atoms. The number of amides is 1. The molecule has 1 saturated heterocycles. The smallest absolute Gasteiger partial charge is 0.275 e. The van der Waals surface area contributed by atoms with Crippen molar-refractivity contribution in [1.29, 1.82) is 0 Å². The quantitative estimate of drug-likeness (QED) is 0.845. The molecule has 122 valence electrons. The van der Waals surface area contributed by atoms with Crippen molar-refractivity contribution in [3.05, 3.63) is 40.3 Å². The molecule has 1 fully saturated rings. The third kappa shape index (κ3) is 2.86. The van der Waals surface area contributed by atoms with Crippen LogP contribution in [-0.4, -0.2) is 45.9 Å². The normalized spacial score (nSPS) is 21.6. The molecule has 1 aliphatic heterocycles. The molecule has 2 aromatic rings. The fourth-order valence-corrected chi connectivity index (χ4v) is 3.10. The number of fused-ring (bicyclic) bond motifs is 1. The molecular weight excluding hydrogens is 294 g/mol. The molecule has 0 saturated carbocycles. The molecule has 6 nitrogen and oxygen atoms in total. The number of hydrogen-bond acceptors (Lipinski definition) is 4. The highest BCUT2D eigenvalue weighted by Gasteiger charge is 2.29. The van der Waals surface area contributed by atoms with Crippen molar-refractivity contribution in [2.24, 2.45) is 0 Å². The summed E-state index contributed by atoms with van der Waals surface area (Å²) in [4.78, 5) is 27.1. The average Bonchev–Trinajstić information content (AvgIpc) is 2.54. The molecule has 0 aliphatic carbocycles. The molecule has 2 atom stereocenters. The average molecular weight is 315 g/mol. The molecule has 3 rings (SSSR count). The summed E-state index contributed by atoms with van der Waals surface area (Å²) >= 11 is 0. The zero-order valence-corrected chi connectivity index (χ0v) is 13.7. The van der Waals surface area contributed by atoms with Gasteiger partial charge in [0.25, 0.3) is 11.5 Å². The van der Waals surface area contributed by atoms with Crippen LogP contribution in [0.4, 0.5) is 0 Å². The lowest BCUT2D eigenvalue weighted by Gasteiger charge is -2.35. The van der Waals surface area contributed by atoms with E-state index < -0.39 is 0 Å². The number of aryl methyl sites for hydroxylation is 1. The summed E-state index contributed by atoms with van der Waals surface area (Å²) in [5, 5.41) is 5.46. The van der Waals surface area contributed by atoms with E-state index in [4.69, 9.17) is 4.74 Å². The van der Waals surface area contributed by atoms with Crippen LogP contribution in [0.2, 0.25) is 0 Å². The number of nitrogens with zero attached hydrogens (tertiary/aromatic N) is 3. The van der Waals surface area contributed by atoms with Crippen molar-refractivity contribution < 1.29 is 9.53 Å². The van der Waals surface area contributed by atoms with Crippen molar-refractivity contribution in [3.8, 4) is 0 Å². The first-order chi connectivity index (χ1) is 11.0. The Morgan fingerprint density at radius 3 is 2.43 bits per heavy atom. The number of carbonyl (C=O) groups is 1. The van der Waals surface area contributed by atoms with E-state index in [0.29, 0.717) is 36.1 Å². The maximum absolute atomic E-state index is 13.0. The molecule has 0 unspecified atom stereocenters. The number of carbonyl (C=O) groups excluding carboxylic acids is 1. The van der Waals surface area contributed by atoms with Gasteiger partial charge >= 0.3 is 0 Å². The molecule has 1 aromatic heterocycles. The zero-order chi connectivity index (χ0) is 16.6. The van der Waals surface area contributed by atoms with E-state index in [1.165, 1.54) is 4.68 Å². The van der Waals surface area contributed by atoms with E-state index in [1.807, 2.05) is 26.8 Å². The van der Waals surface area contributed by atoms with Gasteiger partial charge in [0.2, 0.25) is 0 Å². The number of aromatic nitrogens is 2. The van der Waals surface area contributed by atoms with E-state index in [9.17, 15) is 9.59 Å². The number of rotatable bonds is 2. The second-order valence-electron chi connectivity index (χ2n) is 5.98. The van der Waals surface area contributed by atoms with Crippen molar-refractivity contribution in [3.63, 3.8) is 0 Å². The van der Waals surface area contributed by atoms with Crippen molar-refractivity contribution in [1.82, 2.24) is 14.7 Å². The van der Waals surface area contributed by atoms with Gasteiger partial charge in [-0.1, -0.05) is 18.2 Å². The van der Waals surface area contributed by atoms with E-state index >= 15 is 0 Å². The Morgan fingerprint density at radius 2 is 1.83 bits per heavy atom. The van der Waals surface area contributed by atoms with E-state index in [2.05, 4.69) is 5.10 Å². The van der Waals surface area contributed by atoms with Gasteiger partial charge < -0.3 is 9.64 Å². The highest BCUT2D eigenvalue weighted by Crippen LogP contribution is 2.18. The molecular formula is C17H21N3O3. The van der Waals surface area contributed by atoms with Gasteiger partial charge in [0.05, 0.1) is 17.6 Å². The summed E-state index contributed by atoms with van der Waals surface area (Å²) in [6.07, 6.45) is -0.0166. The molecule has 1 aliphatic rings. The Labute approximate surface area is 134 Å². The minimum atomic E-state index is -0.164. The number of benzene rings is 1. The first-order valence-electron chi connectivity index (χ1n) is 7.95. The topological polar surface area (TPSA) is 64.4 Å². The van der Waals surface area contributed by atoms with Gasteiger partial charge in [-0.25, -0.2) is 4.68 Å². The number of morpholine rings is 1. The summed E-state index contributed by atoms with van der Waals surface area (Å²) in [7, 11) is 0. The van der Waals surface area contributed by atoms with Gasteiger partial charge in [-0.15, -0.1) is 0 Å². The molecule has 0 radical (unpaired) electrons. The van der Waals surface area contributed by atoms with Gasteiger partial charge in [0.15, 0.2) is 5.69 Å². The van der Waals surface area contributed by atoms with E-state index in [1.54, 1.807) is 23.1 Å². The molecule has 6 heteroatoms. The Bertz CT molecular complexity index is 789. The standard InChI is InChI=1S/C17H21N3O3/c1-4-20-16(21)14-8-6-5-7-13(14)15(18-20)17(22)19-9-11(2)23-12(3)10-19/h5-8,11-12H,4,9-10H2,1-3H3/t11-,12-/m0/s1. The zero-order valence-electron chi connectivity index (χ0n) is 13.7. The van der Waals surface area contributed by atoms with Crippen molar-refractivity contribution in [2.45, 2.75) is 39.5 Å². The van der Waals surface area contributed by atoms with Crippen LogP contribution in [0.1, 0.15) is 31.3 Å². The molecule has 0 spiro atoms. The number of hydrogen-bond donors (Lipinski definition) is 0. The van der Waals surface area contributed by atoms with Crippen LogP contribution in [-0.2, 0) is 11.3 Å². The first kappa shape index (κ1) is 15.7. The minimum absolute atomic E-state index is 0.00829. The maximum atomic E-state index is 13.0. The lowest BCUT2D eigenvalue weighted by Crippen LogP contribution is -2.48. The van der Waals surface area contributed by atoms with Gasteiger partial charge in [-0.05, 0) is 26.8 Å². The van der Waals surface area contributed by atoms with E-state index in [-0.39, 0.29) is 23.7 Å². The lowest BCUT2D eigenvalue weighted by molar-refractivity contribution is -0.0587. The maximum Gasteiger partial charge on any atom is 0.275 e. The second kappa shape index (κ2) is 6.12. The minimum Gasteiger partial charge on any atom is -0.372 e. The summed E-state index contributed by atoms with van der Waals surface area (Å²) in [6.45, 7) is 7.24. The van der Waals surface area contributed by atoms with Crippen LogP contribution < -0.4 is 5.56 Å². The van der Waals surface area contributed by atoms with Crippen LogP contribution in [0.3, 0.4) is 0 Å². The van der Waals surface area contributed by atoms with Gasteiger partial charge in [-0.2, -0.15) is 5.10 Å². The van der Waals surface area contributed by atoms with Crippen molar-refractivity contribution in [2.75, 3.05) is 13.1 Å². The molecule has 0 bridgehead atoms. The third-order valence-corrected chi connectivity index (χ3v) is 4.08. The highest BCUT2D eigenvalue weighted by atomic mass is 16.5. The molecule has 0 N–H and O–H groups in total. The molecule has 2 heterocycles. The third-order valence-electron chi connectivity index (χ3n) is 4.08. The summed E-state index contributed by atoms with van der Waals surface area (Å²) in [5.74, 6) is -0.148. The first-order valence-corrected chi connectivity index (χ1v) is 7.95. The monoisotopic (exact) mass is 315 g/mol. The van der Waals surface area contributed by atoms with Crippen LogP contribution in [0.5, 0.6) is 0 Å². The Hall–Kier alpha value is -2.21. The summed E-state index contributed by atoms with van der Waals surface area (Å²) < 4.78 is 7.03. The Balaban J connectivity index is 2.10. The van der Waals surface area contributed by atoms with Gasteiger partial charge in [0.1, 0.15) is 0 Å². The molecule has 1 aromatic carbocycles. The van der Waals surface area contributed by atoms with E-state index in [0.717, 1.165) is 0 Å². The van der Waals surface area contributed by atoms with Gasteiger partial charge in [0, 0.05) is 25.0 Å². The Kier molecular flexibility index (Phi) is 4.17. The largest absolute Gasteiger partial charge is 0.372 e. The lowest BCUT2D eigenvalue weighted by atomic mass is 10.1. The summed E-state index contributed by atoms with van der Waals surface area (Å²) in [6, 6.07) is 7.15. The van der Waals surface area contributed by atoms with Crippen LogP contribution in [0, 0.1) is 0 Å². The predicted octanol–water partition coefficient (Wildman–Crippen LogP) is 1.67. The SMILES string of the molecule is CCn1nc(C(=O)N2C[C@H](C)O[C@@H](C)C2)c2ccccc2c1=O. The Morgan fingerprint density at radius 1 is 1.22 bits per heavy atom.